The summed E-state index contributed by atoms with van der Waals surface area (Å²) in [6.07, 6.45) is 23.0. The summed E-state index contributed by atoms with van der Waals surface area (Å²) in [5.74, 6) is -2.02. The first-order valence-corrected chi connectivity index (χ1v) is 14.9. The Morgan fingerprint density at radius 3 is 1.24 bits per heavy atom. The number of carboxylic acids is 2. The number of unbranched alkanes of at least 4 members (excludes halogenated alkanes) is 15. The minimum atomic E-state index is -1.11. The maximum absolute atomic E-state index is 10.3. The fraction of sp³-hybridized carbons (Fsp3) is 0.697. The number of hydrogen-bond acceptors (Lipinski definition) is 4. The Hall–Kier alpha value is -1.04. The molecular weight excluding hydrogens is 579 g/mol. The van der Waals surface area contributed by atoms with Crippen LogP contribution in [-0.2, 0) is 4.79 Å². The van der Waals surface area contributed by atoms with Gasteiger partial charge in [0.2, 0.25) is 0 Å². The molecule has 0 saturated carbocycles. The van der Waals surface area contributed by atoms with E-state index in [0.717, 1.165) is 31.2 Å². The molecular formula is C33H58O4Sn. The Bertz CT molecular complexity index is 596. The van der Waals surface area contributed by atoms with Gasteiger partial charge in [-0.3, -0.25) is 0 Å². The quantitative estimate of drug-likeness (QED) is 0.121. The Morgan fingerprint density at radius 2 is 0.974 bits per heavy atom. The molecule has 0 spiro atoms. The van der Waals surface area contributed by atoms with Crippen LogP contribution in [0, 0.1) is 20.8 Å². The third-order valence-electron chi connectivity index (χ3n) is 5.81. The molecule has 0 N–H and O–H groups in total. The van der Waals surface area contributed by atoms with Gasteiger partial charge in [-0.25, -0.2) is 0 Å². The third kappa shape index (κ3) is 39.5. The maximum atomic E-state index is 10.3. The minimum Gasteiger partial charge on any atom is -0.550 e. The average molecular weight is 638 g/mol. The van der Waals surface area contributed by atoms with Crippen molar-refractivity contribution in [3.8, 4) is 0 Å². The topological polar surface area (TPSA) is 80.3 Å². The molecule has 1 aromatic rings. The summed E-state index contributed by atoms with van der Waals surface area (Å²) in [6.45, 7) is 15.4. The van der Waals surface area contributed by atoms with Gasteiger partial charge in [0.15, 0.2) is 0 Å². The predicted molar refractivity (Wildman–Crippen MR) is 162 cm³/mol. The van der Waals surface area contributed by atoms with Crippen LogP contribution in [0.25, 0.3) is 0 Å². The monoisotopic (exact) mass is 638 g/mol. The van der Waals surface area contributed by atoms with Crippen LogP contribution < -0.4 is 10.2 Å². The van der Waals surface area contributed by atoms with Crippen molar-refractivity contribution in [2.45, 2.75) is 150 Å². The first-order valence-electron chi connectivity index (χ1n) is 14.9. The van der Waals surface area contributed by atoms with Gasteiger partial charge in [0.05, 0.1) is 5.97 Å². The van der Waals surface area contributed by atoms with Crippen molar-refractivity contribution < 1.29 is 19.8 Å². The van der Waals surface area contributed by atoms with Crippen LogP contribution in [0.5, 0.6) is 0 Å². The summed E-state index contributed by atoms with van der Waals surface area (Å²) in [4.78, 5) is 20.5. The molecule has 218 valence electrons. The van der Waals surface area contributed by atoms with E-state index in [1.54, 1.807) is 25.1 Å². The first kappa shape index (κ1) is 44.0. The van der Waals surface area contributed by atoms with E-state index in [0.29, 0.717) is 0 Å². The van der Waals surface area contributed by atoms with E-state index in [-0.39, 0.29) is 35.9 Å². The van der Waals surface area contributed by atoms with E-state index in [9.17, 15) is 19.8 Å². The van der Waals surface area contributed by atoms with E-state index in [4.69, 9.17) is 0 Å². The average Bonchev–Trinajstić information content (AvgIpc) is 2.89. The van der Waals surface area contributed by atoms with Crippen LogP contribution in [0.4, 0.5) is 0 Å². The van der Waals surface area contributed by atoms with Crippen molar-refractivity contribution in [3.63, 3.8) is 0 Å². The smallest absolute Gasteiger partial charge is 0.550 e. The molecule has 0 aliphatic carbocycles. The summed E-state index contributed by atoms with van der Waals surface area (Å²) in [6, 6.07) is 6.75. The second-order valence-electron chi connectivity index (χ2n) is 9.53. The van der Waals surface area contributed by atoms with Gasteiger partial charge in [-0.1, -0.05) is 168 Å². The fourth-order valence-corrected chi connectivity index (χ4v) is 3.27. The van der Waals surface area contributed by atoms with Gasteiger partial charge in [-0.15, -0.1) is 0 Å². The molecule has 4 nitrogen and oxygen atoms in total. The molecule has 0 bridgehead atoms. The van der Waals surface area contributed by atoms with Gasteiger partial charge in [0, 0.05) is 11.5 Å². The van der Waals surface area contributed by atoms with Crippen molar-refractivity contribution in [2.75, 3.05) is 0 Å². The first-order chi connectivity index (χ1) is 17.8. The largest absolute Gasteiger partial charge is 2.00 e. The Balaban J connectivity index is -0.000000252. The molecule has 0 unspecified atom stereocenters. The van der Waals surface area contributed by atoms with Gasteiger partial charge < -0.3 is 19.8 Å². The van der Waals surface area contributed by atoms with Crippen LogP contribution in [0.2, 0.25) is 0 Å². The van der Waals surface area contributed by atoms with Gasteiger partial charge in [0.25, 0.3) is 0 Å². The Labute approximate surface area is 253 Å². The molecule has 0 aliphatic heterocycles. The summed E-state index contributed by atoms with van der Waals surface area (Å²) in [5.41, 5.74) is 1.00. The number of carbonyl (C=O) groups excluding carboxylic acids is 2. The normalized spacial score (nSPS) is 9.42. The number of aliphatic carboxylic acids is 1. The molecule has 0 amide bonds. The van der Waals surface area contributed by atoms with Crippen molar-refractivity contribution in [1.82, 2.24) is 0 Å². The molecule has 0 saturated heterocycles. The minimum absolute atomic E-state index is 0. The number of benzene rings is 1. The van der Waals surface area contributed by atoms with E-state index < -0.39 is 11.9 Å². The van der Waals surface area contributed by atoms with Crippen molar-refractivity contribution in [1.29, 1.82) is 0 Å². The molecule has 5 heteroatoms. The number of carbonyl (C=O) groups is 2. The molecule has 1 rings (SSSR count). The van der Waals surface area contributed by atoms with E-state index in [1.165, 1.54) is 96.0 Å². The summed E-state index contributed by atoms with van der Waals surface area (Å²) in [7, 11) is 0. The molecule has 0 atom stereocenters. The SMILES string of the molecule is CCCCCCCCCCCCCCCCC(=O)[O-].Cc1ccccc1C(=O)[O-].[CH2]CCC.[CH2]CCC.[Sn+2]. The van der Waals surface area contributed by atoms with Crippen LogP contribution in [0.15, 0.2) is 24.3 Å². The number of aryl methyl sites for hydroxylation is 1. The summed E-state index contributed by atoms with van der Waals surface area (Å²) < 4.78 is 0. The van der Waals surface area contributed by atoms with Crippen molar-refractivity contribution in [2.24, 2.45) is 0 Å². The molecule has 4 radical (unpaired) electrons. The maximum Gasteiger partial charge on any atom is 2.00 e. The van der Waals surface area contributed by atoms with Crippen LogP contribution in [0.1, 0.15) is 159 Å². The standard InChI is InChI=1S/C17H34O2.C8H8O2.2C4H9.Sn/c1-2-3-4-5-6-7-8-9-10-11-12-13-14-15-16-17(18)19;1-6-4-2-3-5-7(6)8(9)10;2*1-3-4-2;/h2-16H2,1H3,(H,18,19);2-5H,1H3,(H,9,10);2*1,3-4H2,2H3;/q;;;;+2/p-2. The van der Waals surface area contributed by atoms with Crippen LogP contribution >= 0.6 is 0 Å². The van der Waals surface area contributed by atoms with E-state index in [1.807, 2.05) is 0 Å². The molecule has 0 fully saturated rings. The molecule has 0 heterocycles. The van der Waals surface area contributed by atoms with Gasteiger partial charge in [-0.2, -0.15) is 0 Å². The number of hydrogen-bond donors (Lipinski definition) is 0. The van der Waals surface area contributed by atoms with Gasteiger partial charge >= 0.3 is 23.9 Å². The van der Waals surface area contributed by atoms with Crippen LogP contribution in [0.3, 0.4) is 0 Å². The summed E-state index contributed by atoms with van der Waals surface area (Å²) in [5, 5.41) is 20.5. The fourth-order valence-electron chi connectivity index (χ4n) is 3.27. The third-order valence-corrected chi connectivity index (χ3v) is 5.81. The number of rotatable bonds is 18. The molecule has 0 aromatic heterocycles. The second kappa shape index (κ2) is 38.1. The van der Waals surface area contributed by atoms with E-state index >= 15 is 0 Å². The predicted octanol–water partition coefficient (Wildman–Crippen LogP) is 7.83. The van der Waals surface area contributed by atoms with E-state index in [2.05, 4.69) is 34.6 Å². The van der Waals surface area contributed by atoms with Gasteiger partial charge in [0.1, 0.15) is 0 Å². The molecule has 1 aromatic carbocycles. The van der Waals surface area contributed by atoms with Gasteiger partial charge in [-0.05, 0) is 25.3 Å². The number of aromatic carboxylic acids is 1. The molecule has 0 aliphatic rings. The molecule has 38 heavy (non-hydrogen) atoms. The number of carboxylic acid groups (broad SMARTS) is 2. The summed E-state index contributed by atoms with van der Waals surface area (Å²) >= 11 is 0. The van der Waals surface area contributed by atoms with Crippen LogP contribution in [-0.4, -0.2) is 35.8 Å². The zero-order valence-corrected chi connectivity index (χ0v) is 28.1. The zero-order chi connectivity index (χ0) is 28.6. The zero-order valence-electron chi connectivity index (χ0n) is 25.3. The Kier molecular flexibility index (Phi) is 44.1. The van der Waals surface area contributed by atoms with Crippen molar-refractivity contribution >= 4 is 35.8 Å². The Morgan fingerprint density at radius 1 is 0.632 bits per heavy atom. The van der Waals surface area contributed by atoms with Crippen molar-refractivity contribution in [3.05, 3.63) is 49.2 Å². The second-order valence-corrected chi connectivity index (χ2v) is 9.53.